The minimum absolute atomic E-state index is 0.0121. The summed E-state index contributed by atoms with van der Waals surface area (Å²) in [6, 6.07) is 23.9. The number of benzene rings is 3. The highest BCUT2D eigenvalue weighted by Crippen LogP contribution is 2.68. The molecule has 42 heavy (non-hydrogen) atoms. The maximum Gasteiger partial charge on any atom is 0.305 e. The molecule has 2 amide bonds. The number of hydrogen-bond acceptors (Lipinski definition) is 6. The van der Waals surface area contributed by atoms with Crippen molar-refractivity contribution < 1.29 is 14.3 Å². The van der Waals surface area contributed by atoms with Crippen molar-refractivity contribution in [3.05, 3.63) is 109 Å². The number of halogens is 1. The van der Waals surface area contributed by atoms with E-state index >= 15 is 0 Å². The lowest BCUT2D eigenvalue weighted by molar-refractivity contribution is -0.123. The number of amides is 2. The van der Waals surface area contributed by atoms with Crippen molar-refractivity contribution in [2.24, 2.45) is 29.6 Å². The Kier molecular flexibility index (Phi) is 6.28. The Hall–Kier alpha value is -3.14. The van der Waals surface area contributed by atoms with Crippen molar-refractivity contribution in [1.29, 1.82) is 0 Å². The normalized spacial score (nSPS) is 29.0. The van der Waals surface area contributed by atoms with Crippen LogP contribution in [-0.4, -0.2) is 22.0 Å². The van der Waals surface area contributed by atoms with Gasteiger partial charge in [0.05, 0.1) is 22.5 Å². The fraction of sp³-hybridized carbons (Fsp3) is 0.303. The number of thiazole rings is 1. The number of rotatable bonds is 5. The molecular formula is C33H27BrN2O4S2. The van der Waals surface area contributed by atoms with E-state index in [0.717, 1.165) is 37.7 Å². The number of thioether (sulfide) groups is 1. The monoisotopic (exact) mass is 658 g/mol. The van der Waals surface area contributed by atoms with Crippen LogP contribution >= 0.6 is 39.0 Å². The minimum Gasteiger partial charge on any atom is -0.489 e. The molecule has 4 aliphatic rings. The highest BCUT2D eigenvalue weighted by Gasteiger charge is 2.69. The SMILES string of the molecule is Cc1ccc(COc2ccc([C@H]3c4sc(=O)[nH]c4SC4C5CC(C6C(=O)N(c7ccc(Br)cc7)C(=O)C56)C43)cc2)cc1. The lowest BCUT2D eigenvalue weighted by atomic mass is 9.68. The van der Waals surface area contributed by atoms with Gasteiger partial charge in [0.2, 0.25) is 11.8 Å². The van der Waals surface area contributed by atoms with E-state index in [1.54, 1.807) is 11.8 Å². The van der Waals surface area contributed by atoms with Gasteiger partial charge in [0.25, 0.3) is 0 Å². The minimum atomic E-state index is -0.315. The van der Waals surface area contributed by atoms with Gasteiger partial charge in [-0.05, 0) is 78.6 Å². The first-order valence-electron chi connectivity index (χ1n) is 14.2. The van der Waals surface area contributed by atoms with Gasteiger partial charge in [0, 0.05) is 20.5 Å². The van der Waals surface area contributed by atoms with Crippen LogP contribution in [-0.2, 0) is 16.2 Å². The number of nitrogens with one attached hydrogen (secondary N) is 1. The van der Waals surface area contributed by atoms with Crippen molar-refractivity contribution in [3.8, 4) is 5.75 Å². The molecule has 0 spiro atoms. The lowest BCUT2D eigenvalue weighted by Gasteiger charge is -2.43. The van der Waals surface area contributed by atoms with Crippen molar-refractivity contribution in [2.75, 3.05) is 4.90 Å². The van der Waals surface area contributed by atoms with E-state index in [9.17, 15) is 14.4 Å². The number of ether oxygens (including phenoxy) is 1. The van der Waals surface area contributed by atoms with E-state index < -0.39 is 0 Å². The second kappa shape index (κ2) is 9.96. The van der Waals surface area contributed by atoms with Gasteiger partial charge >= 0.3 is 4.87 Å². The first-order chi connectivity index (χ1) is 20.4. The number of nitrogens with zero attached hydrogens (tertiary/aromatic N) is 1. The van der Waals surface area contributed by atoms with Crippen LogP contribution < -0.4 is 14.5 Å². The van der Waals surface area contributed by atoms with Gasteiger partial charge in [-0.3, -0.25) is 19.3 Å². The molecule has 3 heterocycles. The molecule has 9 heteroatoms. The zero-order valence-electron chi connectivity index (χ0n) is 22.7. The Balaban J connectivity index is 1.11. The standard InChI is InChI=1S/C33H27BrN2O4S2/c1-16-2-4-17(5-3-16)15-40-21-12-6-18(7-13-21)24-25-22-14-23(28(25)41-30-29(24)42-33(39)35-30)27-26(22)31(37)36(32(27)38)20-10-8-19(34)9-11-20/h2-13,22-28H,14-15H2,1H3,(H,35,39)/t22?,23?,24-,25?,26?,27?,28?/m1/s1. The number of H-pyrrole nitrogens is 1. The molecule has 1 saturated heterocycles. The zero-order chi connectivity index (χ0) is 28.7. The van der Waals surface area contributed by atoms with Gasteiger partial charge < -0.3 is 9.72 Å². The third kappa shape index (κ3) is 4.07. The van der Waals surface area contributed by atoms with E-state index in [4.69, 9.17) is 4.74 Å². The van der Waals surface area contributed by atoms with Crippen LogP contribution in [0.25, 0.3) is 0 Å². The molecule has 2 aliphatic heterocycles. The van der Waals surface area contributed by atoms with E-state index in [2.05, 4.69) is 64.2 Å². The largest absolute Gasteiger partial charge is 0.489 e. The van der Waals surface area contributed by atoms with Crippen molar-refractivity contribution in [3.63, 3.8) is 0 Å². The Morgan fingerprint density at radius 1 is 0.905 bits per heavy atom. The Morgan fingerprint density at radius 2 is 1.60 bits per heavy atom. The van der Waals surface area contributed by atoms with Crippen LogP contribution in [0.5, 0.6) is 5.75 Å². The van der Waals surface area contributed by atoms with Crippen LogP contribution in [0.3, 0.4) is 0 Å². The molecule has 4 aromatic rings. The summed E-state index contributed by atoms with van der Waals surface area (Å²) < 4.78 is 6.98. The number of aryl methyl sites for hydroxylation is 1. The number of carbonyl (C=O) groups excluding carboxylic acids is 2. The molecule has 7 atom stereocenters. The molecule has 3 aromatic carbocycles. The fourth-order valence-corrected chi connectivity index (χ4v) is 11.0. The number of anilines is 1. The van der Waals surface area contributed by atoms with E-state index in [1.807, 2.05) is 36.4 Å². The predicted molar refractivity (Wildman–Crippen MR) is 167 cm³/mol. The van der Waals surface area contributed by atoms with Crippen molar-refractivity contribution in [1.82, 2.24) is 4.98 Å². The average molecular weight is 660 g/mol. The summed E-state index contributed by atoms with van der Waals surface area (Å²) in [5.74, 6) is 0.367. The number of imide groups is 1. The number of fused-ring (bicyclic) bond motifs is 9. The molecule has 1 aromatic heterocycles. The van der Waals surface area contributed by atoms with Gasteiger partial charge in [-0.15, -0.1) is 11.8 Å². The smallest absolute Gasteiger partial charge is 0.305 e. The van der Waals surface area contributed by atoms with Gasteiger partial charge in [-0.1, -0.05) is 69.2 Å². The molecule has 2 bridgehead atoms. The third-order valence-electron chi connectivity index (χ3n) is 9.57. The van der Waals surface area contributed by atoms with Crippen LogP contribution in [0.2, 0.25) is 0 Å². The highest BCUT2D eigenvalue weighted by atomic mass is 79.9. The topological polar surface area (TPSA) is 79.5 Å². The Labute approximate surface area is 259 Å². The number of aromatic nitrogens is 1. The molecule has 2 saturated carbocycles. The van der Waals surface area contributed by atoms with Crippen LogP contribution in [0, 0.1) is 36.5 Å². The third-order valence-corrected chi connectivity index (χ3v) is 12.7. The van der Waals surface area contributed by atoms with E-state index in [0.29, 0.717) is 12.3 Å². The Morgan fingerprint density at radius 3 is 2.31 bits per heavy atom. The molecule has 0 radical (unpaired) electrons. The second-order valence-corrected chi connectivity index (χ2v) is 14.9. The summed E-state index contributed by atoms with van der Waals surface area (Å²) in [7, 11) is 0. The summed E-state index contributed by atoms with van der Waals surface area (Å²) in [6.45, 7) is 2.56. The van der Waals surface area contributed by atoms with E-state index in [-0.39, 0.29) is 57.4 Å². The van der Waals surface area contributed by atoms with Gasteiger partial charge in [0.15, 0.2) is 0 Å². The van der Waals surface area contributed by atoms with Gasteiger partial charge in [-0.2, -0.15) is 0 Å². The predicted octanol–water partition coefficient (Wildman–Crippen LogP) is 6.76. The van der Waals surface area contributed by atoms with Crippen LogP contribution in [0.15, 0.2) is 87.1 Å². The highest BCUT2D eigenvalue weighted by molar-refractivity contribution is 9.10. The maximum atomic E-state index is 13.9. The second-order valence-electron chi connectivity index (χ2n) is 11.8. The lowest BCUT2D eigenvalue weighted by Crippen LogP contribution is -2.42. The molecular weight excluding hydrogens is 632 g/mol. The molecule has 1 N–H and O–H groups in total. The number of aromatic amines is 1. The maximum absolute atomic E-state index is 13.9. The van der Waals surface area contributed by atoms with Crippen LogP contribution in [0.4, 0.5) is 5.69 Å². The molecule has 8 rings (SSSR count). The molecule has 2 aliphatic carbocycles. The molecule has 6 nitrogen and oxygen atoms in total. The fourth-order valence-electron chi connectivity index (χ4n) is 7.86. The zero-order valence-corrected chi connectivity index (χ0v) is 25.9. The van der Waals surface area contributed by atoms with Gasteiger partial charge in [-0.25, -0.2) is 0 Å². The molecule has 212 valence electrons. The summed E-state index contributed by atoms with van der Waals surface area (Å²) >= 11 is 6.44. The quantitative estimate of drug-likeness (QED) is 0.240. The van der Waals surface area contributed by atoms with Crippen LogP contribution in [0.1, 0.15) is 33.9 Å². The van der Waals surface area contributed by atoms with Crippen molar-refractivity contribution in [2.45, 2.75) is 36.1 Å². The molecule has 3 fully saturated rings. The summed E-state index contributed by atoms with van der Waals surface area (Å²) in [6.07, 6.45) is 0.872. The average Bonchev–Trinajstić information content (AvgIpc) is 3.72. The number of hydrogen-bond donors (Lipinski definition) is 1. The summed E-state index contributed by atoms with van der Waals surface area (Å²) in [5, 5.41) is 1.08. The summed E-state index contributed by atoms with van der Waals surface area (Å²) in [5.41, 5.74) is 4.09. The summed E-state index contributed by atoms with van der Waals surface area (Å²) in [4.78, 5) is 45.7. The Bertz CT molecular complexity index is 1770. The molecule has 6 unspecified atom stereocenters. The number of carbonyl (C=O) groups is 2. The van der Waals surface area contributed by atoms with E-state index in [1.165, 1.54) is 21.8 Å². The first-order valence-corrected chi connectivity index (χ1v) is 16.7. The van der Waals surface area contributed by atoms with Gasteiger partial charge in [0.1, 0.15) is 12.4 Å². The first kappa shape index (κ1) is 26.5. The van der Waals surface area contributed by atoms with Crippen molar-refractivity contribution >= 4 is 56.5 Å².